The van der Waals surface area contributed by atoms with Crippen LogP contribution in [0.15, 0.2) is 59.7 Å². The van der Waals surface area contributed by atoms with Gasteiger partial charge in [0.05, 0.1) is 0 Å². The number of carbonyl (C=O) groups is 1. The van der Waals surface area contributed by atoms with Crippen LogP contribution in [-0.2, 0) is 12.8 Å². The van der Waals surface area contributed by atoms with Crippen LogP contribution < -0.4 is 9.47 Å². The van der Waals surface area contributed by atoms with Crippen molar-refractivity contribution in [3.8, 4) is 11.5 Å². The van der Waals surface area contributed by atoms with E-state index in [-0.39, 0.29) is 10.8 Å². The Morgan fingerprint density at radius 3 is 1.25 bits per heavy atom. The van der Waals surface area contributed by atoms with E-state index in [2.05, 4.69) is 132 Å². The number of carbonyl (C=O) groups excluding carboxylic acids is 1. The zero-order valence-electron chi connectivity index (χ0n) is 59.3. The van der Waals surface area contributed by atoms with Crippen molar-refractivity contribution in [2.24, 2.45) is 92.7 Å². The van der Waals surface area contributed by atoms with Gasteiger partial charge in [-0.1, -0.05) is 246 Å². The summed E-state index contributed by atoms with van der Waals surface area (Å²) < 4.78 is 13.3. The molecule has 492 valence electrons. The second-order valence-corrected chi connectivity index (χ2v) is 34.4. The Bertz CT molecular complexity index is 2440. The maximum absolute atomic E-state index is 14.8. The molecular formula is C85H134O3. The van der Waals surface area contributed by atoms with E-state index >= 15 is 0 Å². The number of benzene rings is 2. The molecule has 16 atom stereocenters. The summed E-state index contributed by atoms with van der Waals surface area (Å²) in [6.07, 6.45) is 54.9. The molecule has 8 aliphatic carbocycles. The molecule has 0 saturated heterocycles. The van der Waals surface area contributed by atoms with Gasteiger partial charge in [0, 0.05) is 0 Å². The minimum Gasteiger partial charge on any atom is -0.394 e. The fraction of sp³-hybridized carbons (Fsp3) is 0.800. The average molecular weight is 1200 g/mol. The zero-order valence-corrected chi connectivity index (χ0v) is 59.3. The van der Waals surface area contributed by atoms with Crippen molar-refractivity contribution < 1.29 is 14.3 Å². The van der Waals surface area contributed by atoms with Crippen LogP contribution in [0.4, 0.5) is 4.79 Å². The number of hydrogen-bond acceptors (Lipinski definition) is 3. The van der Waals surface area contributed by atoms with E-state index in [9.17, 15) is 4.79 Å². The monoisotopic (exact) mass is 1200 g/mol. The van der Waals surface area contributed by atoms with Crippen molar-refractivity contribution in [2.75, 3.05) is 0 Å². The Morgan fingerprint density at radius 1 is 0.455 bits per heavy atom. The first-order valence-electron chi connectivity index (χ1n) is 38.9. The summed E-state index contributed by atoms with van der Waals surface area (Å²) in [4.78, 5) is 14.8. The van der Waals surface area contributed by atoms with Crippen molar-refractivity contribution in [1.29, 1.82) is 0 Å². The highest BCUT2D eigenvalue weighted by Gasteiger charge is 2.61. The Morgan fingerprint density at radius 2 is 0.852 bits per heavy atom. The highest BCUT2D eigenvalue weighted by molar-refractivity contribution is 5.69. The Kier molecular flexibility index (Phi) is 23.6. The van der Waals surface area contributed by atoms with Crippen molar-refractivity contribution in [3.63, 3.8) is 0 Å². The first kappa shape index (κ1) is 68.1. The smallest absolute Gasteiger partial charge is 0.394 e. The third-order valence-electron chi connectivity index (χ3n) is 28.2. The molecule has 0 amide bonds. The van der Waals surface area contributed by atoms with Gasteiger partial charge >= 0.3 is 6.16 Å². The molecule has 0 bridgehead atoms. The average Bonchev–Trinajstić information content (AvgIpc) is 1.71. The van der Waals surface area contributed by atoms with Crippen LogP contribution in [0.1, 0.15) is 348 Å². The maximum Gasteiger partial charge on any atom is 0.519 e. The first-order valence-corrected chi connectivity index (χ1v) is 38.9. The standard InChI is InChI=1S/C85H134O3/c1-13-15-17-19-21-23-25-33-63-35-45-79(71(55-63)65-47-51-82(9)67(57-65)37-39-69-75-43-41-73(61(7)31-27-29-59(3)4)84(75,11)53-49-77(69)82)87-81(86)88-80-46-36-64(34-26-24-22-20-18-16-14-2)56-72(80)66-48-52-83(10)68(58-66)38-40-70-76-44-42-74(62(8)32-28-30-60(5)6)85(76,12)54-50-78(70)83/h35-38,45-46,55-56,59-62,65-66,69-70,73-78H,13-34,39-44,47-54,57-58H2,1-12H3/t61-,62-,65+,66+,69+,70+,73-,74-,75+,76+,77+,78+,82+,83+,84-,85-/m1/s1. The molecule has 0 radical (unpaired) electrons. The molecule has 6 saturated carbocycles. The first-order chi connectivity index (χ1) is 42.4. The molecule has 6 fully saturated rings. The highest BCUT2D eigenvalue weighted by atomic mass is 16.7. The van der Waals surface area contributed by atoms with E-state index in [1.165, 1.54) is 228 Å². The van der Waals surface area contributed by atoms with E-state index in [0.717, 1.165) is 121 Å². The molecule has 0 heterocycles. The van der Waals surface area contributed by atoms with Gasteiger partial charge < -0.3 is 9.47 Å². The third kappa shape index (κ3) is 15.1. The van der Waals surface area contributed by atoms with E-state index in [1.807, 2.05) is 0 Å². The summed E-state index contributed by atoms with van der Waals surface area (Å²) in [6, 6.07) is 13.8. The molecule has 10 rings (SSSR count). The van der Waals surface area contributed by atoms with Crippen LogP contribution in [0, 0.1) is 92.7 Å². The summed E-state index contributed by atoms with van der Waals surface area (Å²) >= 11 is 0. The lowest BCUT2D eigenvalue weighted by atomic mass is 9.46. The van der Waals surface area contributed by atoms with E-state index in [0.29, 0.717) is 22.7 Å². The van der Waals surface area contributed by atoms with Crippen LogP contribution in [0.2, 0.25) is 0 Å². The maximum atomic E-state index is 14.8. The number of aryl methyl sites for hydroxylation is 2. The Balaban J connectivity index is 0.858. The minimum atomic E-state index is -0.563. The van der Waals surface area contributed by atoms with Crippen LogP contribution >= 0.6 is 0 Å². The summed E-state index contributed by atoms with van der Waals surface area (Å²) in [5.41, 5.74) is 10.3. The Labute approximate surface area is 542 Å². The molecule has 3 nitrogen and oxygen atoms in total. The summed E-state index contributed by atoms with van der Waals surface area (Å²) in [7, 11) is 0. The van der Waals surface area contributed by atoms with E-state index in [1.54, 1.807) is 11.1 Å². The van der Waals surface area contributed by atoms with Gasteiger partial charge in [-0.05, 0) is 267 Å². The summed E-state index contributed by atoms with van der Waals surface area (Å²) in [5, 5.41) is 0. The van der Waals surface area contributed by atoms with Gasteiger partial charge in [-0.2, -0.15) is 0 Å². The van der Waals surface area contributed by atoms with Crippen molar-refractivity contribution in [1.82, 2.24) is 0 Å². The largest absolute Gasteiger partial charge is 0.519 e. The van der Waals surface area contributed by atoms with E-state index in [4.69, 9.17) is 9.47 Å². The molecule has 3 heteroatoms. The van der Waals surface area contributed by atoms with Crippen molar-refractivity contribution in [2.45, 2.75) is 339 Å². The Hall–Kier alpha value is -2.81. The van der Waals surface area contributed by atoms with Gasteiger partial charge in [0.15, 0.2) is 0 Å². The summed E-state index contributed by atoms with van der Waals surface area (Å²) in [5.74, 6) is 12.2. The van der Waals surface area contributed by atoms with Crippen molar-refractivity contribution >= 4 is 6.16 Å². The van der Waals surface area contributed by atoms with Crippen LogP contribution in [0.3, 0.4) is 0 Å². The molecule has 0 spiro atoms. The number of unbranched alkanes of at least 4 members (excludes halogenated alkanes) is 12. The molecule has 88 heavy (non-hydrogen) atoms. The number of ether oxygens (including phenoxy) is 2. The number of hydrogen-bond donors (Lipinski definition) is 0. The molecular weight excluding hydrogens is 1070 g/mol. The second kappa shape index (κ2) is 30.5. The molecule has 8 aliphatic rings. The van der Waals surface area contributed by atoms with Gasteiger partial charge in [0.1, 0.15) is 11.5 Å². The van der Waals surface area contributed by atoms with Crippen LogP contribution in [-0.4, -0.2) is 6.16 Å². The van der Waals surface area contributed by atoms with Gasteiger partial charge in [0.25, 0.3) is 0 Å². The quantitative estimate of drug-likeness (QED) is 0.0338. The van der Waals surface area contributed by atoms with Crippen LogP contribution in [0.5, 0.6) is 11.5 Å². The second-order valence-electron chi connectivity index (χ2n) is 34.4. The molecule has 0 N–H and O–H groups in total. The topological polar surface area (TPSA) is 35.5 Å². The third-order valence-corrected chi connectivity index (χ3v) is 28.2. The fourth-order valence-electron chi connectivity index (χ4n) is 23.0. The lowest BCUT2D eigenvalue weighted by Crippen LogP contribution is -2.50. The van der Waals surface area contributed by atoms with Crippen LogP contribution in [0.25, 0.3) is 0 Å². The molecule has 2 aromatic rings. The molecule has 2 aromatic carbocycles. The summed E-state index contributed by atoms with van der Waals surface area (Å²) in [6.45, 7) is 30.4. The minimum absolute atomic E-state index is 0.267. The highest BCUT2D eigenvalue weighted by Crippen LogP contribution is 2.70. The number of allylic oxidation sites excluding steroid dienone is 4. The van der Waals surface area contributed by atoms with Crippen molar-refractivity contribution in [3.05, 3.63) is 82.0 Å². The SMILES string of the molecule is CCCCCCCCCc1ccc(OC(=O)Oc2ccc(CCCCCCCCC)cc2[C@H]2CC[C@@]3(C)C(=CC[C@H]4[C@@H]5CC[C@H]([C@H](C)CCCC(C)C)[C@@]5(C)CC[C@@H]43)C2)c([C@H]2CC[C@@]3(C)C(=CC[C@H]4[C@@H]5CC[C@H]([C@H](C)CCCC(C)C)[C@@]5(C)CC[C@@H]43)C2)c1. The number of rotatable bonds is 30. The lowest BCUT2D eigenvalue weighted by molar-refractivity contribution is -0.0510. The predicted molar refractivity (Wildman–Crippen MR) is 375 cm³/mol. The van der Waals surface area contributed by atoms with E-state index < -0.39 is 6.16 Å². The molecule has 0 unspecified atom stereocenters. The molecule has 0 aromatic heterocycles. The van der Waals surface area contributed by atoms with Gasteiger partial charge in [-0.25, -0.2) is 4.79 Å². The lowest BCUT2D eigenvalue weighted by Gasteiger charge is -2.58. The predicted octanol–water partition coefficient (Wildman–Crippen LogP) is 26.1. The normalized spacial score (nSPS) is 34.0. The fourth-order valence-corrected chi connectivity index (χ4v) is 23.0. The molecule has 0 aliphatic heterocycles. The van der Waals surface area contributed by atoms with Gasteiger partial charge in [-0.3, -0.25) is 0 Å². The van der Waals surface area contributed by atoms with Gasteiger partial charge in [-0.15, -0.1) is 0 Å². The van der Waals surface area contributed by atoms with Gasteiger partial charge in [0.2, 0.25) is 0 Å². The zero-order chi connectivity index (χ0) is 62.2. The number of fused-ring (bicyclic) bond motifs is 10.